The second kappa shape index (κ2) is 15.1. The Kier molecular flexibility index (Phi) is 10.8. The Labute approximate surface area is 273 Å². The quantitative estimate of drug-likeness (QED) is 0.0599. The Bertz CT molecular complexity index is 1730. The van der Waals surface area contributed by atoms with Gasteiger partial charge in [-0.1, -0.05) is 62.6 Å². The molecule has 4 aromatic rings. The van der Waals surface area contributed by atoms with Crippen molar-refractivity contribution in [3.8, 4) is 23.0 Å². The van der Waals surface area contributed by atoms with Crippen molar-refractivity contribution in [3.63, 3.8) is 0 Å². The molecule has 2 heterocycles. The molecular formula is C36H40N2O7S. The Hall–Kier alpha value is -4.57. The van der Waals surface area contributed by atoms with E-state index >= 15 is 0 Å². The van der Waals surface area contributed by atoms with E-state index in [2.05, 4.69) is 13.8 Å². The highest BCUT2D eigenvalue weighted by Gasteiger charge is 2.48. The van der Waals surface area contributed by atoms with Crippen LogP contribution in [0.3, 0.4) is 0 Å². The number of carbonyl (C=O) groups excluding carboxylic acids is 2. The highest BCUT2D eigenvalue weighted by molar-refractivity contribution is 7.22. The van der Waals surface area contributed by atoms with E-state index in [1.54, 1.807) is 49.6 Å². The van der Waals surface area contributed by atoms with Crippen LogP contribution in [0.2, 0.25) is 0 Å². The summed E-state index contributed by atoms with van der Waals surface area (Å²) in [5.41, 5.74) is 1.53. The zero-order chi connectivity index (χ0) is 32.6. The zero-order valence-corrected chi connectivity index (χ0v) is 27.5. The molecule has 0 bridgehead atoms. The summed E-state index contributed by atoms with van der Waals surface area (Å²) >= 11 is 1.27. The molecule has 46 heavy (non-hydrogen) atoms. The standard InChI is InChI=1S/C36H40N2O7S/c1-5-8-10-19-45-28-17-14-23(21-29(28)42-4)32-31(33(39)24-12-11-13-25(20-24)44-18-9-6-2)34(40)35(41)38(32)36-37-27-16-15-26(43-7-3)22-30(27)46-36/h11-17,20-22,32,39H,5-10,18-19H2,1-4H3/b33-31+. The third-order valence-corrected chi connectivity index (χ3v) is 8.71. The minimum Gasteiger partial charge on any atom is -0.507 e. The van der Waals surface area contributed by atoms with Crippen molar-refractivity contribution < 1.29 is 33.6 Å². The van der Waals surface area contributed by atoms with E-state index in [9.17, 15) is 14.7 Å². The number of amides is 1. The molecule has 5 rings (SSSR count). The first-order chi connectivity index (χ1) is 22.4. The van der Waals surface area contributed by atoms with Crippen LogP contribution < -0.4 is 23.8 Å². The van der Waals surface area contributed by atoms with Crippen molar-refractivity contribution in [3.05, 3.63) is 77.4 Å². The number of hydrogen-bond acceptors (Lipinski definition) is 9. The van der Waals surface area contributed by atoms with Gasteiger partial charge in [0, 0.05) is 5.56 Å². The first-order valence-electron chi connectivity index (χ1n) is 15.8. The van der Waals surface area contributed by atoms with E-state index < -0.39 is 17.7 Å². The Morgan fingerprint density at radius 2 is 1.65 bits per heavy atom. The SMILES string of the molecule is CCCCCOc1ccc(C2/C(=C(\O)c3cccc(OCCCC)c3)C(=O)C(=O)N2c2nc3ccc(OCC)cc3s2)cc1OC. The van der Waals surface area contributed by atoms with Crippen molar-refractivity contribution in [2.45, 2.75) is 58.9 Å². The average molecular weight is 645 g/mol. The molecule has 1 aliphatic rings. The van der Waals surface area contributed by atoms with Crippen molar-refractivity contribution in [1.82, 2.24) is 4.98 Å². The van der Waals surface area contributed by atoms with Crippen molar-refractivity contribution in [2.75, 3.05) is 31.8 Å². The number of thiazole rings is 1. The molecule has 1 aliphatic heterocycles. The molecule has 0 radical (unpaired) electrons. The molecule has 9 nitrogen and oxygen atoms in total. The first kappa shape index (κ1) is 32.8. The van der Waals surface area contributed by atoms with Crippen LogP contribution in [0.15, 0.2) is 66.2 Å². The molecule has 1 N–H and O–H groups in total. The molecule has 1 amide bonds. The van der Waals surface area contributed by atoms with E-state index in [0.29, 0.717) is 64.6 Å². The number of carbonyl (C=O) groups is 2. The zero-order valence-electron chi connectivity index (χ0n) is 26.7. The Balaban J connectivity index is 1.62. The van der Waals surface area contributed by atoms with Crippen molar-refractivity contribution in [2.24, 2.45) is 0 Å². The summed E-state index contributed by atoms with van der Waals surface area (Å²) in [5, 5.41) is 12.0. The van der Waals surface area contributed by atoms with Crippen LogP contribution in [0.25, 0.3) is 16.0 Å². The summed E-state index contributed by atoms with van der Waals surface area (Å²) in [6, 6.07) is 16.7. The van der Waals surface area contributed by atoms with Crippen LogP contribution in [0, 0.1) is 0 Å². The number of fused-ring (bicyclic) bond motifs is 1. The van der Waals surface area contributed by atoms with Gasteiger partial charge in [0.15, 0.2) is 16.6 Å². The number of aliphatic hydroxyl groups excluding tert-OH is 1. The van der Waals surface area contributed by atoms with Gasteiger partial charge in [-0.25, -0.2) is 4.98 Å². The fraction of sp³-hybridized carbons (Fsp3) is 0.361. The predicted octanol–water partition coefficient (Wildman–Crippen LogP) is 8.08. The smallest absolute Gasteiger partial charge is 0.301 e. The number of rotatable bonds is 15. The third kappa shape index (κ3) is 6.97. The van der Waals surface area contributed by atoms with Gasteiger partial charge in [-0.05, 0) is 67.8 Å². The second-order valence-corrected chi connectivity index (χ2v) is 11.9. The molecule has 1 aromatic heterocycles. The van der Waals surface area contributed by atoms with Gasteiger partial charge in [0.2, 0.25) is 0 Å². The minimum absolute atomic E-state index is 0.0522. The number of anilines is 1. The van der Waals surface area contributed by atoms with Gasteiger partial charge < -0.3 is 24.1 Å². The van der Waals surface area contributed by atoms with E-state index in [4.69, 9.17) is 23.9 Å². The molecule has 0 spiro atoms. The van der Waals surface area contributed by atoms with E-state index in [1.807, 2.05) is 25.1 Å². The molecule has 10 heteroatoms. The molecule has 1 unspecified atom stereocenters. The largest absolute Gasteiger partial charge is 0.507 e. The van der Waals surface area contributed by atoms with E-state index in [0.717, 1.165) is 36.8 Å². The van der Waals surface area contributed by atoms with Crippen LogP contribution in [0.1, 0.15) is 70.0 Å². The summed E-state index contributed by atoms with van der Waals surface area (Å²) in [4.78, 5) is 33.8. The minimum atomic E-state index is -0.986. The monoisotopic (exact) mass is 644 g/mol. The number of nitrogens with zero attached hydrogens (tertiary/aromatic N) is 2. The maximum Gasteiger partial charge on any atom is 0.301 e. The third-order valence-electron chi connectivity index (χ3n) is 7.69. The molecule has 1 fully saturated rings. The number of hydrogen-bond donors (Lipinski definition) is 1. The number of Topliss-reactive ketones (excluding diaryl/α,β-unsaturated/α-hetero) is 1. The number of ketones is 1. The van der Waals surface area contributed by atoms with Gasteiger partial charge in [-0.3, -0.25) is 14.5 Å². The van der Waals surface area contributed by atoms with Gasteiger partial charge in [0.05, 0.1) is 48.8 Å². The number of unbranched alkanes of at least 4 members (excludes halogenated alkanes) is 3. The van der Waals surface area contributed by atoms with Gasteiger partial charge in [0.25, 0.3) is 5.78 Å². The maximum atomic E-state index is 13.8. The molecule has 0 aliphatic carbocycles. The predicted molar refractivity (Wildman–Crippen MR) is 180 cm³/mol. The summed E-state index contributed by atoms with van der Waals surface area (Å²) in [7, 11) is 1.54. The normalized spacial score (nSPS) is 15.8. The molecule has 1 saturated heterocycles. The highest BCUT2D eigenvalue weighted by Crippen LogP contribution is 2.46. The van der Waals surface area contributed by atoms with Crippen molar-refractivity contribution >= 4 is 44.1 Å². The Morgan fingerprint density at radius 1 is 0.870 bits per heavy atom. The average Bonchev–Trinajstić information content (AvgIpc) is 3.60. The molecule has 242 valence electrons. The fourth-order valence-corrected chi connectivity index (χ4v) is 6.35. The molecule has 1 atom stereocenters. The number of methoxy groups -OCH3 is 1. The lowest BCUT2D eigenvalue weighted by atomic mass is 9.95. The summed E-state index contributed by atoms with van der Waals surface area (Å²) in [5.74, 6) is 0.356. The van der Waals surface area contributed by atoms with Gasteiger partial charge >= 0.3 is 5.91 Å². The van der Waals surface area contributed by atoms with Gasteiger partial charge in [0.1, 0.15) is 17.3 Å². The summed E-state index contributed by atoms with van der Waals surface area (Å²) in [6.45, 7) is 7.69. The van der Waals surface area contributed by atoms with E-state index in [-0.39, 0.29) is 11.3 Å². The topological polar surface area (TPSA) is 107 Å². The molecule has 0 saturated carbocycles. The number of ether oxygens (including phenoxy) is 4. The van der Waals surface area contributed by atoms with Crippen LogP contribution in [-0.4, -0.2) is 48.7 Å². The van der Waals surface area contributed by atoms with Gasteiger partial charge in [-0.15, -0.1) is 0 Å². The van der Waals surface area contributed by atoms with Crippen LogP contribution in [0.4, 0.5) is 5.13 Å². The van der Waals surface area contributed by atoms with Crippen LogP contribution in [-0.2, 0) is 9.59 Å². The van der Waals surface area contributed by atoms with E-state index in [1.165, 1.54) is 16.2 Å². The maximum absolute atomic E-state index is 13.8. The number of benzene rings is 3. The van der Waals surface area contributed by atoms with Gasteiger partial charge in [-0.2, -0.15) is 0 Å². The second-order valence-electron chi connectivity index (χ2n) is 10.9. The number of aliphatic hydroxyl groups is 1. The lowest BCUT2D eigenvalue weighted by molar-refractivity contribution is -0.132. The fourth-order valence-electron chi connectivity index (χ4n) is 5.33. The molecular weight excluding hydrogens is 604 g/mol. The van der Waals surface area contributed by atoms with Crippen LogP contribution >= 0.6 is 11.3 Å². The summed E-state index contributed by atoms with van der Waals surface area (Å²) < 4.78 is 24.0. The first-order valence-corrected chi connectivity index (χ1v) is 16.6. The number of aromatic nitrogens is 1. The van der Waals surface area contributed by atoms with Crippen LogP contribution in [0.5, 0.6) is 23.0 Å². The van der Waals surface area contributed by atoms with Crippen molar-refractivity contribution in [1.29, 1.82) is 0 Å². The molecule has 3 aromatic carbocycles. The summed E-state index contributed by atoms with van der Waals surface area (Å²) in [6.07, 6.45) is 4.90. The lowest BCUT2D eigenvalue weighted by Gasteiger charge is -2.24. The highest BCUT2D eigenvalue weighted by atomic mass is 32.1. The Morgan fingerprint density at radius 3 is 2.41 bits per heavy atom. The lowest BCUT2D eigenvalue weighted by Crippen LogP contribution is -2.29.